The maximum atomic E-state index is 13.9. The van der Waals surface area contributed by atoms with Crippen LogP contribution in [0, 0.1) is 17.5 Å². The SMILES string of the molecule is NC1CCCNC1COC1CCC(c2cc(F)cc(F)c2F)CC1. The summed E-state index contributed by atoms with van der Waals surface area (Å²) in [6.07, 6.45) is 5.10. The van der Waals surface area contributed by atoms with Gasteiger partial charge < -0.3 is 15.8 Å². The lowest BCUT2D eigenvalue weighted by Crippen LogP contribution is -2.52. The molecule has 0 bridgehead atoms. The Balaban J connectivity index is 1.51. The second kappa shape index (κ2) is 7.85. The highest BCUT2D eigenvalue weighted by Gasteiger charge is 2.28. The van der Waals surface area contributed by atoms with Crippen molar-refractivity contribution in [2.75, 3.05) is 13.2 Å². The average Bonchev–Trinajstić information content (AvgIpc) is 2.58. The van der Waals surface area contributed by atoms with Crippen molar-refractivity contribution in [3.05, 3.63) is 35.1 Å². The molecule has 0 spiro atoms. The van der Waals surface area contributed by atoms with Crippen molar-refractivity contribution in [3.63, 3.8) is 0 Å². The quantitative estimate of drug-likeness (QED) is 0.826. The molecule has 3 N–H and O–H groups in total. The molecule has 0 amide bonds. The first-order valence-electron chi connectivity index (χ1n) is 8.79. The van der Waals surface area contributed by atoms with E-state index < -0.39 is 17.5 Å². The fourth-order valence-corrected chi connectivity index (χ4v) is 3.81. The summed E-state index contributed by atoms with van der Waals surface area (Å²) >= 11 is 0. The normalized spacial score (nSPS) is 31.2. The fourth-order valence-electron chi connectivity index (χ4n) is 3.81. The van der Waals surface area contributed by atoms with E-state index in [2.05, 4.69) is 5.32 Å². The first-order valence-corrected chi connectivity index (χ1v) is 8.79. The Morgan fingerprint density at radius 2 is 1.83 bits per heavy atom. The van der Waals surface area contributed by atoms with Crippen molar-refractivity contribution in [1.29, 1.82) is 0 Å². The highest BCUT2D eigenvalue weighted by atomic mass is 19.2. The smallest absolute Gasteiger partial charge is 0.162 e. The lowest BCUT2D eigenvalue weighted by atomic mass is 9.82. The third kappa shape index (κ3) is 4.10. The maximum Gasteiger partial charge on any atom is 0.162 e. The number of halogens is 3. The first-order chi connectivity index (χ1) is 11.5. The highest BCUT2D eigenvalue weighted by Crippen LogP contribution is 2.36. The molecule has 134 valence electrons. The average molecular weight is 342 g/mol. The van der Waals surface area contributed by atoms with E-state index in [4.69, 9.17) is 10.5 Å². The summed E-state index contributed by atoms with van der Waals surface area (Å²) in [5.74, 6) is -2.90. The number of ether oxygens (including phenoxy) is 1. The molecule has 1 aliphatic heterocycles. The van der Waals surface area contributed by atoms with Crippen molar-refractivity contribution in [2.45, 2.75) is 62.6 Å². The Bertz CT molecular complexity index is 561. The summed E-state index contributed by atoms with van der Waals surface area (Å²) in [6.45, 7) is 1.55. The number of nitrogens with one attached hydrogen (secondary N) is 1. The number of benzene rings is 1. The summed E-state index contributed by atoms with van der Waals surface area (Å²) in [7, 11) is 0. The van der Waals surface area contributed by atoms with E-state index in [0.29, 0.717) is 25.5 Å². The van der Waals surface area contributed by atoms with Crippen molar-refractivity contribution >= 4 is 0 Å². The van der Waals surface area contributed by atoms with Gasteiger partial charge in [0.05, 0.1) is 12.7 Å². The minimum Gasteiger partial charge on any atom is -0.377 e. The molecule has 3 nitrogen and oxygen atoms in total. The Morgan fingerprint density at radius 1 is 1.08 bits per heavy atom. The van der Waals surface area contributed by atoms with E-state index in [1.54, 1.807) is 0 Å². The lowest BCUT2D eigenvalue weighted by Gasteiger charge is -2.33. The molecule has 2 fully saturated rings. The van der Waals surface area contributed by atoms with Gasteiger partial charge in [0, 0.05) is 18.2 Å². The van der Waals surface area contributed by atoms with E-state index in [9.17, 15) is 13.2 Å². The van der Waals surface area contributed by atoms with Crippen LogP contribution in [0.1, 0.15) is 50.0 Å². The van der Waals surface area contributed by atoms with Gasteiger partial charge in [0.15, 0.2) is 11.6 Å². The van der Waals surface area contributed by atoms with Gasteiger partial charge in [-0.15, -0.1) is 0 Å². The highest BCUT2D eigenvalue weighted by molar-refractivity contribution is 5.24. The van der Waals surface area contributed by atoms with Crippen LogP contribution in [-0.4, -0.2) is 31.3 Å². The van der Waals surface area contributed by atoms with E-state index in [1.165, 1.54) is 0 Å². The van der Waals surface area contributed by atoms with Crippen molar-refractivity contribution in [1.82, 2.24) is 5.32 Å². The van der Waals surface area contributed by atoms with Gasteiger partial charge in [-0.1, -0.05) is 0 Å². The molecule has 1 aromatic rings. The summed E-state index contributed by atoms with van der Waals surface area (Å²) in [6, 6.07) is 2.02. The largest absolute Gasteiger partial charge is 0.377 e. The second-order valence-corrected chi connectivity index (χ2v) is 6.96. The molecule has 0 aromatic heterocycles. The minimum absolute atomic E-state index is 0.110. The van der Waals surface area contributed by atoms with Crippen LogP contribution >= 0.6 is 0 Å². The van der Waals surface area contributed by atoms with Crippen LogP contribution in [0.3, 0.4) is 0 Å². The van der Waals surface area contributed by atoms with Crippen molar-refractivity contribution in [2.24, 2.45) is 5.73 Å². The summed E-state index contributed by atoms with van der Waals surface area (Å²) in [5, 5.41) is 3.38. The molecular formula is C18H25F3N2O. The Kier molecular flexibility index (Phi) is 5.79. The zero-order chi connectivity index (χ0) is 17.1. The van der Waals surface area contributed by atoms with Crippen LogP contribution in [0.25, 0.3) is 0 Å². The van der Waals surface area contributed by atoms with Crippen molar-refractivity contribution < 1.29 is 17.9 Å². The van der Waals surface area contributed by atoms with Gasteiger partial charge in [-0.2, -0.15) is 0 Å². The summed E-state index contributed by atoms with van der Waals surface area (Å²) < 4.78 is 46.6. The number of piperidine rings is 1. The predicted molar refractivity (Wildman–Crippen MR) is 86.3 cm³/mol. The number of rotatable bonds is 4. The minimum atomic E-state index is -1.11. The molecule has 2 aliphatic rings. The van der Waals surface area contributed by atoms with Crippen LogP contribution < -0.4 is 11.1 Å². The van der Waals surface area contributed by atoms with Gasteiger partial charge in [0.1, 0.15) is 5.82 Å². The van der Waals surface area contributed by atoms with Crippen LogP contribution in [0.4, 0.5) is 13.2 Å². The van der Waals surface area contributed by atoms with Crippen LogP contribution in [0.5, 0.6) is 0 Å². The molecule has 1 saturated carbocycles. The molecule has 2 atom stereocenters. The fraction of sp³-hybridized carbons (Fsp3) is 0.667. The standard InChI is InChI=1S/C18H25F3N2O/c19-12-8-14(18(21)15(20)9-12)11-3-5-13(6-4-11)24-10-17-16(22)2-1-7-23-17/h8-9,11,13,16-17,23H,1-7,10,22H2. The number of hydrogen-bond donors (Lipinski definition) is 2. The predicted octanol–water partition coefficient (Wildman–Crippen LogP) is 3.23. The van der Waals surface area contributed by atoms with Gasteiger partial charge in [-0.3, -0.25) is 0 Å². The Morgan fingerprint density at radius 3 is 2.54 bits per heavy atom. The Labute approximate surface area is 140 Å². The van der Waals surface area contributed by atoms with Gasteiger partial charge in [0.25, 0.3) is 0 Å². The van der Waals surface area contributed by atoms with Crippen LogP contribution in [0.2, 0.25) is 0 Å². The molecule has 24 heavy (non-hydrogen) atoms. The first kappa shape index (κ1) is 17.7. The molecule has 3 rings (SSSR count). The van der Waals surface area contributed by atoms with Gasteiger partial charge >= 0.3 is 0 Å². The van der Waals surface area contributed by atoms with E-state index in [0.717, 1.165) is 38.3 Å². The summed E-state index contributed by atoms with van der Waals surface area (Å²) in [4.78, 5) is 0. The molecule has 1 aliphatic carbocycles. The summed E-state index contributed by atoms with van der Waals surface area (Å²) in [5.41, 5.74) is 6.24. The zero-order valence-corrected chi connectivity index (χ0v) is 13.7. The molecule has 6 heteroatoms. The number of nitrogens with two attached hydrogens (primary N) is 1. The molecule has 1 heterocycles. The topological polar surface area (TPSA) is 47.3 Å². The second-order valence-electron chi connectivity index (χ2n) is 6.96. The molecule has 1 saturated heterocycles. The zero-order valence-electron chi connectivity index (χ0n) is 13.7. The third-order valence-corrected chi connectivity index (χ3v) is 5.28. The van der Waals surface area contributed by atoms with Crippen LogP contribution in [0.15, 0.2) is 12.1 Å². The van der Waals surface area contributed by atoms with E-state index in [1.807, 2.05) is 0 Å². The Hall–Kier alpha value is -1.11. The lowest BCUT2D eigenvalue weighted by molar-refractivity contribution is 0.00599. The molecule has 0 radical (unpaired) electrons. The van der Waals surface area contributed by atoms with Gasteiger partial charge in [-0.05, 0) is 62.6 Å². The third-order valence-electron chi connectivity index (χ3n) is 5.28. The van der Waals surface area contributed by atoms with Gasteiger partial charge in [-0.25, -0.2) is 13.2 Å². The van der Waals surface area contributed by atoms with Gasteiger partial charge in [0.2, 0.25) is 0 Å². The molecule has 1 aromatic carbocycles. The van der Waals surface area contributed by atoms with E-state index >= 15 is 0 Å². The van der Waals surface area contributed by atoms with E-state index in [-0.39, 0.29) is 29.7 Å². The number of hydrogen-bond acceptors (Lipinski definition) is 3. The van der Waals surface area contributed by atoms with Crippen molar-refractivity contribution in [3.8, 4) is 0 Å². The maximum absolute atomic E-state index is 13.9. The molecule has 2 unspecified atom stereocenters. The monoisotopic (exact) mass is 342 g/mol. The van der Waals surface area contributed by atoms with Crippen LogP contribution in [-0.2, 0) is 4.74 Å². The molecular weight excluding hydrogens is 317 g/mol.